The first-order valence-corrected chi connectivity index (χ1v) is 8.07. The highest BCUT2D eigenvalue weighted by molar-refractivity contribution is 7.89. The first kappa shape index (κ1) is 15.5. The fourth-order valence-electron chi connectivity index (χ4n) is 2.59. The molecule has 2 rings (SSSR count). The number of carbonyl (C=O) groups is 2. The Kier molecular flexibility index (Phi) is 4.29. The third-order valence-corrected chi connectivity index (χ3v) is 4.30. The maximum absolute atomic E-state index is 12.0. The Bertz CT molecular complexity index is 644. The van der Waals surface area contributed by atoms with Gasteiger partial charge in [0.25, 0.3) is 0 Å². The Hall–Kier alpha value is -1.93. The second kappa shape index (κ2) is 5.82. The van der Waals surface area contributed by atoms with Crippen molar-refractivity contribution < 1.29 is 23.1 Å². The minimum absolute atomic E-state index is 0.00690. The predicted molar refractivity (Wildman–Crippen MR) is 74.6 cm³/mol. The number of amides is 1. The standard InChI is InChI=1S/C13H16N2O5S/c14-21(19,20)8-9-6-11(16)15(7-9)12(13(17)18)10-4-2-1-3-5-10/h1-5,9,12H,6-8H2,(H,17,18)(H2,14,19,20)/t9?,12-/m1/s1. The molecule has 0 saturated carbocycles. The molecule has 0 spiro atoms. The van der Waals surface area contributed by atoms with Crippen LogP contribution in [0.25, 0.3) is 0 Å². The van der Waals surface area contributed by atoms with Crippen molar-refractivity contribution in [2.75, 3.05) is 12.3 Å². The summed E-state index contributed by atoms with van der Waals surface area (Å²) in [4.78, 5) is 24.7. The number of hydrogen-bond acceptors (Lipinski definition) is 4. The molecule has 1 saturated heterocycles. The number of benzene rings is 1. The number of likely N-dealkylation sites (tertiary alicyclic amines) is 1. The van der Waals surface area contributed by atoms with Crippen molar-refractivity contribution in [3.05, 3.63) is 35.9 Å². The van der Waals surface area contributed by atoms with Crippen LogP contribution in [0.3, 0.4) is 0 Å². The summed E-state index contributed by atoms with van der Waals surface area (Å²) in [6, 6.07) is 7.27. The van der Waals surface area contributed by atoms with E-state index in [1.807, 2.05) is 0 Å². The van der Waals surface area contributed by atoms with Gasteiger partial charge < -0.3 is 10.0 Å². The van der Waals surface area contributed by atoms with Gasteiger partial charge in [-0.1, -0.05) is 30.3 Å². The number of primary sulfonamides is 1. The van der Waals surface area contributed by atoms with Gasteiger partial charge in [-0.15, -0.1) is 0 Å². The molecule has 1 aliphatic heterocycles. The van der Waals surface area contributed by atoms with Gasteiger partial charge in [0.05, 0.1) is 5.75 Å². The van der Waals surface area contributed by atoms with Crippen LogP contribution >= 0.6 is 0 Å². The van der Waals surface area contributed by atoms with Crippen molar-refractivity contribution in [1.82, 2.24) is 4.90 Å². The Labute approximate surface area is 122 Å². The summed E-state index contributed by atoms with van der Waals surface area (Å²) in [5, 5.41) is 14.4. The Morgan fingerprint density at radius 2 is 2.00 bits per heavy atom. The van der Waals surface area contributed by atoms with Crippen LogP contribution in [0.1, 0.15) is 18.0 Å². The molecule has 0 aliphatic carbocycles. The first-order valence-electron chi connectivity index (χ1n) is 6.35. The number of aliphatic carboxylic acids is 1. The van der Waals surface area contributed by atoms with Gasteiger partial charge >= 0.3 is 5.97 Å². The van der Waals surface area contributed by atoms with E-state index >= 15 is 0 Å². The van der Waals surface area contributed by atoms with E-state index in [0.29, 0.717) is 5.56 Å². The molecule has 1 amide bonds. The van der Waals surface area contributed by atoms with Gasteiger partial charge in [0.15, 0.2) is 6.04 Å². The smallest absolute Gasteiger partial charge is 0.331 e. The van der Waals surface area contributed by atoms with E-state index in [1.54, 1.807) is 30.3 Å². The monoisotopic (exact) mass is 312 g/mol. The van der Waals surface area contributed by atoms with E-state index < -0.39 is 28.0 Å². The molecule has 0 aromatic heterocycles. The molecule has 1 unspecified atom stereocenters. The highest BCUT2D eigenvalue weighted by atomic mass is 32.2. The van der Waals surface area contributed by atoms with E-state index in [2.05, 4.69) is 0 Å². The van der Waals surface area contributed by atoms with Crippen molar-refractivity contribution in [2.45, 2.75) is 12.5 Å². The Balaban J connectivity index is 2.23. The van der Waals surface area contributed by atoms with Crippen molar-refractivity contribution >= 4 is 21.9 Å². The van der Waals surface area contributed by atoms with E-state index in [0.717, 1.165) is 0 Å². The van der Waals surface area contributed by atoms with Crippen LogP contribution in [-0.2, 0) is 19.6 Å². The molecule has 3 N–H and O–H groups in total. The first-order chi connectivity index (χ1) is 9.78. The number of carboxylic acids is 1. The second-order valence-corrected chi connectivity index (χ2v) is 6.76. The molecule has 21 heavy (non-hydrogen) atoms. The lowest BCUT2D eigenvalue weighted by molar-refractivity contribution is -0.148. The zero-order valence-electron chi connectivity index (χ0n) is 11.2. The van der Waals surface area contributed by atoms with E-state index in [-0.39, 0.29) is 24.6 Å². The van der Waals surface area contributed by atoms with Crippen LogP contribution in [0.15, 0.2) is 30.3 Å². The SMILES string of the molecule is NS(=O)(=O)CC1CC(=O)N([C@@H](C(=O)O)c2ccccc2)C1. The van der Waals surface area contributed by atoms with Crippen LogP contribution in [0.5, 0.6) is 0 Å². The largest absolute Gasteiger partial charge is 0.479 e. The van der Waals surface area contributed by atoms with Gasteiger partial charge in [0.1, 0.15) is 0 Å². The third kappa shape index (κ3) is 3.79. The third-order valence-electron chi connectivity index (χ3n) is 3.37. The normalized spacial score (nSPS) is 20.5. The molecular formula is C13H16N2O5S. The minimum atomic E-state index is -3.69. The highest BCUT2D eigenvalue weighted by Crippen LogP contribution is 2.29. The highest BCUT2D eigenvalue weighted by Gasteiger charge is 2.39. The molecule has 0 radical (unpaired) electrons. The van der Waals surface area contributed by atoms with E-state index in [9.17, 15) is 23.1 Å². The number of rotatable bonds is 5. The summed E-state index contributed by atoms with van der Waals surface area (Å²) in [7, 11) is -3.69. The van der Waals surface area contributed by atoms with Crippen LogP contribution in [-0.4, -0.2) is 42.6 Å². The number of carbonyl (C=O) groups excluding carboxylic acids is 1. The zero-order valence-corrected chi connectivity index (χ0v) is 12.0. The fourth-order valence-corrected chi connectivity index (χ4v) is 3.47. The predicted octanol–water partition coefficient (Wildman–Crippen LogP) is -0.0507. The fraction of sp³-hybridized carbons (Fsp3) is 0.385. The molecule has 114 valence electrons. The van der Waals surface area contributed by atoms with Gasteiger partial charge in [-0.05, 0) is 5.56 Å². The molecule has 1 aromatic carbocycles. The molecule has 7 nitrogen and oxygen atoms in total. The number of nitrogens with two attached hydrogens (primary N) is 1. The van der Waals surface area contributed by atoms with Gasteiger partial charge in [0.2, 0.25) is 15.9 Å². The van der Waals surface area contributed by atoms with Crippen molar-refractivity contribution in [3.8, 4) is 0 Å². The van der Waals surface area contributed by atoms with Gasteiger partial charge in [0, 0.05) is 18.9 Å². The van der Waals surface area contributed by atoms with Gasteiger partial charge in [-0.25, -0.2) is 18.4 Å². The molecule has 1 aliphatic rings. The Morgan fingerprint density at radius 3 is 2.52 bits per heavy atom. The van der Waals surface area contributed by atoms with E-state index in [4.69, 9.17) is 5.14 Å². The summed E-state index contributed by atoms with van der Waals surface area (Å²) in [6.07, 6.45) is -0.00690. The van der Waals surface area contributed by atoms with Crippen LogP contribution < -0.4 is 5.14 Å². The van der Waals surface area contributed by atoms with Crippen molar-refractivity contribution in [2.24, 2.45) is 11.1 Å². The summed E-state index contributed by atoms with van der Waals surface area (Å²) < 4.78 is 22.2. The topological polar surface area (TPSA) is 118 Å². The number of nitrogens with zero attached hydrogens (tertiary/aromatic N) is 1. The lowest BCUT2D eigenvalue weighted by Gasteiger charge is -2.25. The lowest BCUT2D eigenvalue weighted by atomic mass is 10.1. The van der Waals surface area contributed by atoms with Gasteiger partial charge in [-0.2, -0.15) is 0 Å². The Morgan fingerprint density at radius 1 is 1.38 bits per heavy atom. The molecule has 8 heteroatoms. The molecule has 1 heterocycles. The van der Waals surface area contributed by atoms with Crippen molar-refractivity contribution in [3.63, 3.8) is 0 Å². The summed E-state index contributed by atoms with van der Waals surface area (Å²) in [5.74, 6) is -2.32. The second-order valence-electron chi connectivity index (χ2n) is 5.10. The molecule has 1 aromatic rings. The molecule has 2 atom stereocenters. The molecule has 1 fully saturated rings. The summed E-state index contributed by atoms with van der Waals surface area (Å²) in [5.41, 5.74) is 0.481. The zero-order chi connectivity index (χ0) is 15.6. The van der Waals surface area contributed by atoms with E-state index in [1.165, 1.54) is 4.90 Å². The van der Waals surface area contributed by atoms with Crippen LogP contribution in [0.4, 0.5) is 0 Å². The summed E-state index contributed by atoms with van der Waals surface area (Å²) in [6.45, 7) is 0.0706. The molecular weight excluding hydrogens is 296 g/mol. The van der Waals surface area contributed by atoms with Crippen molar-refractivity contribution in [1.29, 1.82) is 0 Å². The average molecular weight is 312 g/mol. The quantitative estimate of drug-likeness (QED) is 0.790. The average Bonchev–Trinajstić information content (AvgIpc) is 2.69. The number of hydrogen-bond donors (Lipinski definition) is 2. The maximum atomic E-state index is 12.0. The maximum Gasteiger partial charge on any atom is 0.331 e. The van der Waals surface area contributed by atoms with Crippen LogP contribution in [0.2, 0.25) is 0 Å². The molecule has 0 bridgehead atoms. The number of carboxylic acid groups (broad SMARTS) is 1. The minimum Gasteiger partial charge on any atom is -0.479 e. The summed E-state index contributed by atoms with van der Waals surface area (Å²) >= 11 is 0. The van der Waals surface area contributed by atoms with Crippen LogP contribution in [0, 0.1) is 5.92 Å². The number of sulfonamides is 1. The lowest BCUT2D eigenvalue weighted by Crippen LogP contribution is -2.36. The van der Waals surface area contributed by atoms with Gasteiger partial charge in [-0.3, -0.25) is 4.79 Å².